The van der Waals surface area contributed by atoms with Crippen LogP contribution in [0.1, 0.15) is 41.8 Å². The maximum atomic E-state index is 14.3. The number of nitrogen functional groups attached to an aromatic ring is 1. The van der Waals surface area contributed by atoms with Gasteiger partial charge in [-0.15, -0.1) is 11.8 Å². The molecule has 0 saturated carbocycles. The van der Waals surface area contributed by atoms with Crippen LogP contribution >= 0.6 is 23.3 Å². The SMILES string of the molecule is C=CCOC(=O)N1CCC[C@H]1CN1CCC(=CC2=C(C(=O)O)N3C(=O)[C@@H](NC(=O)C(=NOC(c4ccccc4)(c4ccccc4)c4ccccc4)c4nsc(N)n4)[C@H]3SC2)C1=O. The molecule has 3 saturated heterocycles. The number of aromatic nitrogens is 2. The molecule has 4 amide bonds. The van der Waals surface area contributed by atoms with E-state index in [1.165, 1.54) is 17.8 Å². The van der Waals surface area contributed by atoms with Crippen molar-refractivity contribution < 1.29 is 38.7 Å². The van der Waals surface area contributed by atoms with E-state index in [1.54, 1.807) is 15.9 Å². The molecule has 8 rings (SSSR count). The zero-order valence-electron chi connectivity index (χ0n) is 33.3. The molecule has 1 aromatic heterocycles. The first kappa shape index (κ1) is 41.9. The number of nitrogens with two attached hydrogens (primary N) is 1. The molecule has 0 unspecified atom stereocenters. The number of carbonyl (C=O) groups excluding carboxylic acids is 4. The molecule has 18 heteroatoms. The number of amides is 4. The van der Waals surface area contributed by atoms with E-state index in [2.05, 4.69) is 26.4 Å². The summed E-state index contributed by atoms with van der Waals surface area (Å²) in [5, 5.41) is 16.9. The molecule has 4 N–H and O–H groups in total. The van der Waals surface area contributed by atoms with Crippen molar-refractivity contribution in [3.63, 3.8) is 0 Å². The van der Waals surface area contributed by atoms with E-state index >= 15 is 0 Å². The largest absolute Gasteiger partial charge is 0.477 e. The Labute approximate surface area is 364 Å². The summed E-state index contributed by atoms with van der Waals surface area (Å²) < 4.78 is 9.48. The third-order valence-corrected chi connectivity index (χ3v) is 12.9. The lowest BCUT2D eigenvalue weighted by Crippen LogP contribution is -2.71. The minimum Gasteiger partial charge on any atom is -0.477 e. The van der Waals surface area contributed by atoms with Gasteiger partial charge in [-0.2, -0.15) is 9.36 Å². The van der Waals surface area contributed by atoms with Crippen LogP contribution in [-0.2, 0) is 34.4 Å². The second kappa shape index (κ2) is 18.1. The van der Waals surface area contributed by atoms with Gasteiger partial charge in [-0.1, -0.05) is 109 Å². The van der Waals surface area contributed by atoms with Gasteiger partial charge in [0.25, 0.3) is 11.8 Å². The van der Waals surface area contributed by atoms with Crippen LogP contribution in [0.5, 0.6) is 0 Å². The summed E-state index contributed by atoms with van der Waals surface area (Å²) in [5.41, 5.74) is 6.82. The van der Waals surface area contributed by atoms with Crippen molar-refractivity contribution >= 4 is 63.9 Å². The lowest BCUT2D eigenvalue weighted by molar-refractivity contribution is -0.150. The highest BCUT2D eigenvalue weighted by atomic mass is 32.2. The number of carboxylic acids is 1. The zero-order valence-corrected chi connectivity index (χ0v) is 34.9. The topological polar surface area (TPSA) is 210 Å². The smallest absolute Gasteiger partial charge is 0.410 e. The summed E-state index contributed by atoms with van der Waals surface area (Å²) in [5.74, 6) is -3.10. The van der Waals surface area contributed by atoms with Gasteiger partial charge in [0.2, 0.25) is 23.0 Å². The molecule has 0 bridgehead atoms. The van der Waals surface area contributed by atoms with Crippen molar-refractivity contribution in [1.29, 1.82) is 0 Å². The van der Waals surface area contributed by atoms with Crippen LogP contribution in [0.4, 0.5) is 9.93 Å². The number of carboxylic acid groups (broad SMARTS) is 1. The van der Waals surface area contributed by atoms with Crippen LogP contribution in [0.2, 0.25) is 0 Å². The summed E-state index contributed by atoms with van der Waals surface area (Å²) in [7, 11) is 0. The summed E-state index contributed by atoms with van der Waals surface area (Å²) in [6.07, 6.45) is 4.46. The van der Waals surface area contributed by atoms with E-state index in [-0.39, 0.29) is 46.7 Å². The Hall–Kier alpha value is -6.79. The number of nitrogens with zero attached hydrogens (tertiary/aromatic N) is 6. The molecule has 0 spiro atoms. The maximum absolute atomic E-state index is 14.3. The third kappa shape index (κ3) is 8.05. The molecule has 0 radical (unpaired) electrons. The summed E-state index contributed by atoms with van der Waals surface area (Å²) >= 11 is 2.10. The average Bonchev–Trinajstić information content (AvgIpc) is 4.04. The van der Waals surface area contributed by atoms with E-state index in [0.717, 1.165) is 29.3 Å². The van der Waals surface area contributed by atoms with Gasteiger partial charge >= 0.3 is 12.1 Å². The summed E-state index contributed by atoms with van der Waals surface area (Å²) in [6, 6.07) is 26.8. The van der Waals surface area contributed by atoms with Crippen LogP contribution < -0.4 is 11.1 Å². The van der Waals surface area contributed by atoms with Crippen LogP contribution in [0, 0.1) is 0 Å². The first-order valence-corrected chi connectivity index (χ1v) is 21.7. The molecule has 3 atom stereocenters. The quantitative estimate of drug-likeness (QED) is 0.0399. The van der Waals surface area contributed by atoms with Crippen molar-refractivity contribution in [1.82, 2.24) is 29.4 Å². The van der Waals surface area contributed by atoms with Gasteiger partial charge in [0.15, 0.2) is 5.13 Å². The number of carbonyl (C=O) groups is 5. The number of hydrogen-bond donors (Lipinski definition) is 3. The molecule has 3 aromatic carbocycles. The molecule has 3 fully saturated rings. The fourth-order valence-electron chi connectivity index (χ4n) is 8.19. The van der Waals surface area contributed by atoms with Crippen molar-refractivity contribution in [3.8, 4) is 0 Å². The second-order valence-corrected chi connectivity index (χ2v) is 16.7. The van der Waals surface area contributed by atoms with E-state index in [0.29, 0.717) is 53.9 Å². The number of thioether (sulfide) groups is 1. The second-order valence-electron chi connectivity index (χ2n) is 14.8. The van der Waals surface area contributed by atoms with E-state index in [9.17, 15) is 29.1 Å². The Kier molecular flexibility index (Phi) is 12.2. The molecule has 4 aliphatic heterocycles. The number of nitrogens with one attached hydrogen (secondary N) is 1. The number of rotatable bonds is 14. The monoisotopic (exact) mass is 874 g/mol. The zero-order chi connectivity index (χ0) is 43.4. The van der Waals surface area contributed by atoms with Crippen LogP contribution in [0.25, 0.3) is 0 Å². The third-order valence-electron chi connectivity index (χ3n) is 11.1. The van der Waals surface area contributed by atoms with Gasteiger partial charge in [-0.05, 0) is 30.9 Å². The number of β-lactam (4-membered cyclic amide) rings is 1. The first-order valence-electron chi connectivity index (χ1n) is 19.9. The number of fused-ring (bicyclic) bond motifs is 1. The van der Waals surface area contributed by atoms with Crippen LogP contribution in [-0.4, -0.2) is 114 Å². The van der Waals surface area contributed by atoms with E-state index in [4.69, 9.17) is 15.3 Å². The number of benzene rings is 3. The molecule has 62 heavy (non-hydrogen) atoms. The predicted molar refractivity (Wildman–Crippen MR) is 231 cm³/mol. The minimum atomic E-state index is -1.36. The standard InChI is InChI=1S/C44H42N8O8S2/c1-2-23-59-43(58)51-21-12-19-32(51)25-50-22-20-27(38(50)54)24-28-26-61-40-34(39(55)52(40)35(28)41(56)57)46-37(53)33(36-47-42(45)62-49-36)48-60-44(29-13-6-3-7-14-29,30-15-8-4-9-16-30)31-17-10-5-11-18-31/h2-11,13-18,24,32,34,40H,1,12,19-23,25-26H2,(H,46,53)(H,56,57)(H2,45,47,49)/t32-,34+,40+/m0/s1. The number of aliphatic carboxylic acids is 1. The fourth-order valence-corrected chi connectivity index (χ4v) is 9.93. The van der Waals surface area contributed by atoms with Crippen molar-refractivity contribution in [2.24, 2.45) is 5.16 Å². The molecular weight excluding hydrogens is 833 g/mol. The number of oxime groups is 1. The van der Waals surface area contributed by atoms with Crippen molar-refractivity contribution in [2.45, 2.75) is 42.3 Å². The molecule has 0 aliphatic carbocycles. The van der Waals surface area contributed by atoms with E-state index in [1.807, 2.05) is 91.0 Å². The Morgan fingerprint density at radius 3 is 2.21 bits per heavy atom. The normalized spacial score (nSPS) is 20.8. The Morgan fingerprint density at radius 1 is 0.984 bits per heavy atom. The molecule has 5 heterocycles. The van der Waals surface area contributed by atoms with Gasteiger partial charge in [-0.3, -0.25) is 19.3 Å². The Balaban J connectivity index is 1.03. The highest BCUT2D eigenvalue weighted by Crippen LogP contribution is 2.43. The molecular formula is C44H42N8O8S2. The molecule has 318 valence electrons. The number of ether oxygens (including phenoxy) is 1. The summed E-state index contributed by atoms with van der Waals surface area (Å²) in [4.78, 5) is 82.3. The molecule has 16 nitrogen and oxygen atoms in total. The minimum absolute atomic E-state index is 0.0703. The highest BCUT2D eigenvalue weighted by molar-refractivity contribution is 8.00. The molecule has 4 aliphatic rings. The number of hydrogen-bond acceptors (Lipinski definition) is 13. The first-order chi connectivity index (χ1) is 30.1. The van der Waals surface area contributed by atoms with E-state index < -0.39 is 40.9 Å². The fraction of sp³-hybridized carbons (Fsp3) is 0.273. The lowest BCUT2D eigenvalue weighted by atomic mass is 9.80. The van der Waals surface area contributed by atoms with Gasteiger partial charge < -0.3 is 35.5 Å². The van der Waals surface area contributed by atoms with Crippen LogP contribution in [0.15, 0.2) is 132 Å². The van der Waals surface area contributed by atoms with Crippen molar-refractivity contribution in [3.05, 3.63) is 149 Å². The average molecular weight is 875 g/mol. The van der Waals surface area contributed by atoms with Gasteiger partial charge in [0, 0.05) is 59.2 Å². The Morgan fingerprint density at radius 2 is 1.63 bits per heavy atom. The maximum Gasteiger partial charge on any atom is 0.410 e. The molecule has 4 aromatic rings. The number of likely N-dealkylation sites (tertiary alicyclic amines) is 2. The number of allylic oxidation sites excluding steroid dienone is 1. The summed E-state index contributed by atoms with van der Waals surface area (Å²) in [6.45, 7) is 4.91. The van der Waals surface area contributed by atoms with Gasteiger partial charge in [-0.25, -0.2) is 9.59 Å². The Bertz CT molecular complexity index is 2380. The number of anilines is 1. The van der Waals surface area contributed by atoms with Gasteiger partial charge in [0.1, 0.15) is 23.7 Å². The van der Waals surface area contributed by atoms with Crippen LogP contribution in [0.3, 0.4) is 0 Å². The lowest BCUT2D eigenvalue weighted by Gasteiger charge is -2.49. The predicted octanol–water partition coefficient (Wildman–Crippen LogP) is 4.52. The van der Waals surface area contributed by atoms with Crippen molar-refractivity contribution in [2.75, 3.05) is 37.7 Å². The van der Waals surface area contributed by atoms with Gasteiger partial charge in [0.05, 0.1) is 6.04 Å². The highest BCUT2D eigenvalue weighted by Gasteiger charge is 2.54.